The van der Waals surface area contributed by atoms with Gasteiger partial charge in [0.2, 0.25) is 0 Å². The average Bonchev–Trinajstić information content (AvgIpc) is 2.93. The van der Waals surface area contributed by atoms with Crippen molar-refractivity contribution in [2.24, 2.45) is 5.92 Å². The summed E-state index contributed by atoms with van der Waals surface area (Å²) in [5.41, 5.74) is 1.72. The lowest BCUT2D eigenvalue weighted by Gasteiger charge is -2.45. The van der Waals surface area contributed by atoms with E-state index in [0.717, 1.165) is 17.9 Å². The van der Waals surface area contributed by atoms with Crippen LogP contribution < -0.4 is 5.32 Å². The number of nitrogens with one attached hydrogen (secondary N) is 1. The molecule has 0 bridgehead atoms. The topological polar surface area (TPSA) is 35.6 Å². The van der Waals surface area contributed by atoms with Gasteiger partial charge in [-0.05, 0) is 51.6 Å². The fraction of sp³-hybridized carbons (Fsp3) is 0.409. The number of benzene rings is 1. The molecule has 1 aliphatic carbocycles. The van der Waals surface area contributed by atoms with E-state index in [2.05, 4.69) is 66.5 Å². The van der Waals surface area contributed by atoms with Crippen molar-refractivity contribution in [2.45, 2.75) is 37.3 Å². The third-order valence-corrected chi connectivity index (χ3v) is 6.61. The Kier molecular flexibility index (Phi) is 4.65. The van der Waals surface area contributed by atoms with Crippen molar-refractivity contribution < 1.29 is 4.79 Å². The SMILES string of the molecule is CC(CC12C(=O)NC=CN1C1=CC=C(Cl)CC1C2c1ccccc1)N(C)C. The predicted octanol–water partition coefficient (Wildman–Crippen LogP) is 3.79. The second-order valence-electron chi connectivity index (χ2n) is 8.00. The van der Waals surface area contributed by atoms with Gasteiger partial charge in [0, 0.05) is 41.0 Å². The van der Waals surface area contributed by atoms with Crippen LogP contribution in [0.4, 0.5) is 0 Å². The highest BCUT2D eigenvalue weighted by Gasteiger charge is 2.61. The fourth-order valence-electron chi connectivity index (χ4n) is 4.84. The summed E-state index contributed by atoms with van der Waals surface area (Å²) >= 11 is 6.44. The second kappa shape index (κ2) is 6.84. The molecule has 1 N–H and O–H groups in total. The first kappa shape index (κ1) is 18.3. The van der Waals surface area contributed by atoms with E-state index in [1.54, 1.807) is 6.20 Å². The first-order chi connectivity index (χ1) is 12.9. The average molecular weight is 384 g/mol. The number of carbonyl (C=O) groups is 1. The summed E-state index contributed by atoms with van der Waals surface area (Å²) in [6.45, 7) is 2.18. The Hall–Kier alpha value is -2.04. The molecule has 4 rings (SSSR count). The summed E-state index contributed by atoms with van der Waals surface area (Å²) in [5.74, 6) is 0.298. The lowest BCUT2D eigenvalue weighted by molar-refractivity contribution is -0.132. The third kappa shape index (κ3) is 2.82. The lowest BCUT2D eigenvalue weighted by Crippen LogP contribution is -2.60. The molecule has 0 radical (unpaired) electrons. The van der Waals surface area contributed by atoms with Crippen LogP contribution in [-0.2, 0) is 4.79 Å². The summed E-state index contributed by atoms with van der Waals surface area (Å²) in [6, 6.07) is 10.7. The molecule has 0 saturated carbocycles. The van der Waals surface area contributed by atoms with Crippen LogP contribution in [0.3, 0.4) is 0 Å². The lowest BCUT2D eigenvalue weighted by atomic mass is 9.70. The van der Waals surface area contributed by atoms with E-state index in [1.807, 2.05) is 18.3 Å². The maximum atomic E-state index is 13.5. The van der Waals surface area contributed by atoms with Crippen LogP contribution in [0.2, 0.25) is 0 Å². The van der Waals surface area contributed by atoms with E-state index >= 15 is 0 Å². The smallest absolute Gasteiger partial charge is 0.250 e. The van der Waals surface area contributed by atoms with Crippen LogP contribution in [0.25, 0.3) is 0 Å². The van der Waals surface area contributed by atoms with Gasteiger partial charge in [-0.3, -0.25) is 4.79 Å². The van der Waals surface area contributed by atoms with E-state index in [1.165, 1.54) is 11.3 Å². The van der Waals surface area contributed by atoms with Crippen molar-refractivity contribution in [3.05, 3.63) is 71.2 Å². The zero-order valence-corrected chi connectivity index (χ0v) is 16.8. The standard InChI is InChI=1S/C22H26ClN3O/c1-15(25(2)3)14-22-20(16-7-5-4-6-8-16)18-13-17(23)9-10-19(18)26(22)12-11-24-21(22)27/h4-12,15,18,20H,13-14H2,1-3H3,(H,24,27). The van der Waals surface area contributed by atoms with Crippen molar-refractivity contribution in [3.63, 3.8) is 0 Å². The molecular formula is C22H26ClN3O. The number of amides is 1. The Labute approximate surface area is 166 Å². The van der Waals surface area contributed by atoms with E-state index in [4.69, 9.17) is 11.6 Å². The van der Waals surface area contributed by atoms with Gasteiger partial charge in [0.05, 0.1) is 0 Å². The minimum Gasteiger partial charge on any atom is -0.334 e. The maximum Gasteiger partial charge on any atom is 0.250 e. The molecular weight excluding hydrogens is 358 g/mol. The summed E-state index contributed by atoms with van der Waals surface area (Å²) < 4.78 is 0. The maximum absolute atomic E-state index is 13.5. The Morgan fingerprint density at radius 3 is 2.74 bits per heavy atom. The van der Waals surface area contributed by atoms with Crippen LogP contribution in [0.1, 0.15) is 31.2 Å². The first-order valence-corrected chi connectivity index (χ1v) is 9.87. The van der Waals surface area contributed by atoms with Crippen molar-refractivity contribution in [1.82, 2.24) is 15.1 Å². The minimum atomic E-state index is -0.661. The van der Waals surface area contributed by atoms with Crippen molar-refractivity contribution in [3.8, 4) is 0 Å². The first-order valence-electron chi connectivity index (χ1n) is 9.49. The Morgan fingerprint density at radius 1 is 1.30 bits per heavy atom. The summed E-state index contributed by atoms with van der Waals surface area (Å²) in [7, 11) is 4.14. The van der Waals surface area contributed by atoms with E-state index < -0.39 is 5.54 Å². The van der Waals surface area contributed by atoms with Gasteiger partial charge in [0.15, 0.2) is 0 Å². The number of hydrogen-bond donors (Lipinski definition) is 1. The summed E-state index contributed by atoms with van der Waals surface area (Å²) in [5, 5.41) is 3.85. The highest BCUT2D eigenvalue weighted by molar-refractivity contribution is 6.29. The normalized spacial score (nSPS) is 30.4. The number of rotatable bonds is 4. The van der Waals surface area contributed by atoms with Gasteiger partial charge in [-0.1, -0.05) is 41.9 Å². The molecule has 0 aromatic heterocycles. The molecule has 1 aromatic carbocycles. The van der Waals surface area contributed by atoms with Crippen LogP contribution in [0, 0.1) is 5.92 Å². The zero-order valence-electron chi connectivity index (χ0n) is 16.0. The highest BCUT2D eigenvalue weighted by Crippen LogP contribution is 2.57. The fourth-order valence-corrected chi connectivity index (χ4v) is 5.07. The van der Waals surface area contributed by atoms with Crippen LogP contribution in [-0.4, -0.2) is 41.4 Å². The van der Waals surface area contributed by atoms with Crippen molar-refractivity contribution in [1.29, 1.82) is 0 Å². The molecule has 2 aliphatic heterocycles. The van der Waals surface area contributed by atoms with Crippen LogP contribution in [0.15, 0.2) is 65.6 Å². The molecule has 1 fully saturated rings. The van der Waals surface area contributed by atoms with Crippen molar-refractivity contribution >= 4 is 17.5 Å². The van der Waals surface area contributed by atoms with Crippen LogP contribution >= 0.6 is 11.6 Å². The third-order valence-electron chi connectivity index (χ3n) is 6.33. The molecule has 2 heterocycles. The van der Waals surface area contributed by atoms with Gasteiger partial charge in [-0.25, -0.2) is 0 Å². The predicted molar refractivity (Wildman–Crippen MR) is 109 cm³/mol. The molecule has 3 aliphatic rings. The molecule has 142 valence electrons. The van der Waals surface area contributed by atoms with Gasteiger partial charge in [-0.15, -0.1) is 0 Å². The Bertz CT molecular complexity index is 829. The molecule has 5 heteroatoms. The molecule has 4 atom stereocenters. The van der Waals surface area contributed by atoms with Gasteiger partial charge < -0.3 is 15.1 Å². The number of hydrogen-bond acceptors (Lipinski definition) is 3. The monoisotopic (exact) mass is 383 g/mol. The number of fused-ring (bicyclic) bond motifs is 3. The molecule has 27 heavy (non-hydrogen) atoms. The molecule has 1 amide bonds. The molecule has 4 unspecified atom stereocenters. The second-order valence-corrected chi connectivity index (χ2v) is 8.49. The summed E-state index contributed by atoms with van der Waals surface area (Å²) in [4.78, 5) is 17.9. The quantitative estimate of drug-likeness (QED) is 0.859. The number of carbonyl (C=O) groups excluding carboxylic acids is 1. The Balaban J connectivity index is 1.91. The molecule has 4 nitrogen and oxygen atoms in total. The zero-order chi connectivity index (χ0) is 19.2. The van der Waals surface area contributed by atoms with Gasteiger partial charge >= 0.3 is 0 Å². The number of halogens is 1. The van der Waals surface area contributed by atoms with E-state index in [-0.39, 0.29) is 23.8 Å². The number of nitrogens with zero attached hydrogens (tertiary/aromatic N) is 2. The van der Waals surface area contributed by atoms with Gasteiger partial charge in [0.1, 0.15) is 5.54 Å². The van der Waals surface area contributed by atoms with Gasteiger partial charge in [0.25, 0.3) is 5.91 Å². The van der Waals surface area contributed by atoms with Gasteiger partial charge in [-0.2, -0.15) is 0 Å². The van der Waals surface area contributed by atoms with Crippen LogP contribution in [0.5, 0.6) is 0 Å². The molecule has 1 saturated heterocycles. The number of allylic oxidation sites excluding steroid dienone is 4. The van der Waals surface area contributed by atoms with E-state index in [9.17, 15) is 4.79 Å². The van der Waals surface area contributed by atoms with Crippen molar-refractivity contribution in [2.75, 3.05) is 14.1 Å². The highest BCUT2D eigenvalue weighted by atomic mass is 35.5. The van der Waals surface area contributed by atoms with E-state index in [0.29, 0.717) is 0 Å². The minimum absolute atomic E-state index is 0.0414. The largest absolute Gasteiger partial charge is 0.334 e. The summed E-state index contributed by atoms with van der Waals surface area (Å²) in [6.07, 6.45) is 9.35. The molecule has 1 aromatic rings. The Morgan fingerprint density at radius 2 is 2.04 bits per heavy atom. The molecule has 0 spiro atoms.